The maximum Gasteiger partial charge on any atom is 0.172 e. The molecule has 70 valence electrons. The van der Waals surface area contributed by atoms with Gasteiger partial charge in [0.1, 0.15) is 0 Å². The fraction of sp³-hybridized carbons (Fsp3) is 0.100. The van der Waals surface area contributed by atoms with E-state index in [0.717, 1.165) is 15.6 Å². The quantitative estimate of drug-likeness (QED) is 0.806. The number of halogens is 1. The zero-order chi connectivity index (χ0) is 10.1. The van der Waals surface area contributed by atoms with Gasteiger partial charge in [-0.2, -0.15) is 5.26 Å². The number of fused-ring (bicyclic) bond motifs is 1. The van der Waals surface area contributed by atoms with Crippen molar-refractivity contribution in [3.63, 3.8) is 0 Å². The Hall–Kier alpha value is -1.24. The summed E-state index contributed by atoms with van der Waals surface area (Å²) in [5.74, 6) is 0. The summed E-state index contributed by atoms with van der Waals surface area (Å²) in [4.78, 5) is 0. The minimum absolute atomic E-state index is 0.251. The Morgan fingerprint density at radius 3 is 3.00 bits per heavy atom. The van der Waals surface area contributed by atoms with Crippen LogP contribution in [0.2, 0.25) is 5.02 Å². The summed E-state index contributed by atoms with van der Waals surface area (Å²) >= 11 is 7.22. The average molecular weight is 224 g/mol. The molecule has 0 bridgehead atoms. The van der Waals surface area contributed by atoms with Gasteiger partial charge in [-0.25, -0.2) is 0 Å². The van der Waals surface area contributed by atoms with E-state index in [-0.39, 0.29) is 11.5 Å². The molecule has 2 rings (SSSR count). The van der Waals surface area contributed by atoms with Gasteiger partial charge in [-0.15, -0.1) is 0 Å². The molecule has 1 aromatic carbocycles. The van der Waals surface area contributed by atoms with Gasteiger partial charge in [0, 0.05) is 15.3 Å². The molecule has 0 fully saturated rings. The zero-order valence-electron chi connectivity index (χ0n) is 7.12. The van der Waals surface area contributed by atoms with Crippen LogP contribution < -0.4 is 0 Å². The van der Waals surface area contributed by atoms with Crippen LogP contribution in [-0.4, -0.2) is 5.11 Å². The van der Waals surface area contributed by atoms with Gasteiger partial charge in [0.25, 0.3) is 0 Å². The van der Waals surface area contributed by atoms with E-state index in [1.54, 1.807) is 12.1 Å². The summed E-state index contributed by atoms with van der Waals surface area (Å²) in [6.45, 7) is 0. The predicted octanol–water partition coefficient (Wildman–Crippen LogP) is 3.33. The number of hydrogen-bond acceptors (Lipinski definition) is 3. The monoisotopic (exact) mass is 223 g/mol. The standard InChI is InChI=1S/C10H6ClNOS/c11-8-2-1-6-5-9(13)14-10(6)7(8)3-4-12/h1-2,5,13H,3H2. The summed E-state index contributed by atoms with van der Waals surface area (Å²) in [6.07, 6.45) is 0.274. The minimum atomic E-state index is 0.251. The molecular weight excluding hydrogens is 218 g/mol. The summed E-state index contributed by atoms with van der Waals surface area (Å²) in [7, 11) is 0. The van der Waals surface area contributed by atoms with Crippen molar-refractivity contribution < 1.29 is 5.11 Å². The highest BCUT2D eigenvalue weighted by Crippen LogP contribution is 2.36. The van der Waals surface area contributed by atoms with Crippen molar-refractivity contribution in [2.24, 2.45) is 0 Å². The van der Waals surface area contributed by atoms with E-state index in [9.17, 15) is 5.11 Å². The van der Waals surface area contributed by atoms with Crippen LogP contribution in [0.5, 0.6) is 5.06 Å². The Morgan fingerprint density at radius 1 is 1.50 bits per heavy atom. The highest BCUT2D eigenvalue weighted by Gasteiger charge is 2.09. The zero-order valence-corrected chi connectivity index (χ0v) is 8.69. The average Bonchev–Trinajstić information content (AvgIpc) is 2.51. The van der Waals surface area contributed by atoms with Crippen LogP contribution in [0.1, 0.15) is 5.56 Å². The van der Waals surface area contributed by atoms with Crippen LogP contribution in [0.4, 0.5) is 0 Å². The molecule has 1 N–H and O–H groups in total. The lowest BCUT2D eigenvalue weighted by atomic mass is 10.1. The molecule has 0 atom stereocenters. The fourth-order valence-corrected chi connectivity index (χ4v) is 2.59. The highest BCUT2D eigenvalue weighted by atomic mass is 35.5. The molecule has 0 saturated carbocycles. The lowest BCUT2D eigenvalue weighted by molar-refractivity contribution is 0.491. The van der Waals surface area contributed by atoms with Gasteiger partial charge in [0.05, 0.1) is 12.5 Å². The first-order chi connectivity index (χ1) is 6.72. The topological polar surface area (TPSA) is 44.0 Å². The van der Waals surface area contributed by atoms with Crippen molar-refractivity contribution in [1.29, 1.82) is 5.26 Å². The number of hydrogen-bond donors (Lipinski definition) is 1. The third-order valence-electron chi connectivity index (χ3n) is 1.98. The fourth-order valence-electron chi connectivity index (χ4n) is 1.37. The first kappa shape index (κ1) is 9.32. The van der Waals surface area contributed by atoms with E-state index in [4.69, 9.17) is 16.9 Å². The third kappa shape index (κ3) is 1.43. The normalized spacial score (nSPS) is 10.3. The molecule has 0 unspecified atom stereocenters. The van der Waals surface area contributed by atoms with Crippen LogP contribution in [0.25, 0.3) is 10.1 Å². The molecule has 1 aromatic heterocycles. The first-order valence-electron chi connectivity index (χ1n) is 3.99. The molecule has 0 spiro atoms. The molecule has 14 heavy (non-hydrogen) atoms. The molecule has 0 aliphatic rings. The largest absolute Gasteiger partial charge is 0.499 e. The van der Waals surface area contributed by atoms with Gasteiger partial charge in [-0.3, -0.25) is 0 Å². The summed E-state index contributed by atoms with van der Waals surface area (Å²) in [5, 5.41) is 19.7. The molecule has 2 aromatic rings. The number of nitrogens with zero attached hydrogens (tertiary/aromatic N) is 1. The first-order valence-corrected chi connectivity index (χ1v) is 5.18. The van der Waals surface area contributed by atoms with Gasteiger partial charge in [0.15, 0.2) is 5.06 Å². The Balaban J connectivity index is 2.76. The number of thiophene rings is 1. The number of rotatable bonds is 1. The third-order valence-corrected chi connectivity index (χ3v) is 3.34. The van der Waals surface area contributed by atoms with E-state index in [2.05, 4.69) is 6.07 Å². The second-order valence-corrected chi connectivity index (χ2v) is 4.30. The number of nitriles is 1. The van der Waals surface area contributed by atoms with Crippen molar-refractivity contribution in [2.45, 2.75) is 6.42 Å². The van der Waals surface area contributed by atoms with Crippen LogP contribution in [0, 0.1) is 11.3 Å². The van der Waals surface area contributed by atoms with Crippen LogP contribution >= 0.6 is 22.9 Å². The molecular formula is C10H6ClNOS. The summed E-state index contributed by atoms with van der Waals surface area (Å²) < 4.78 is 0.900. The lowest BCUT2D eigenvalue weighted by Gasteiger charge is -1.99. The van der Waals surface area contributed by atoms with E-state index < -0.39 is 0 Å². The van der Waals surface area contributed by atoms with Crippen molar-refractivity contribution in [3.8, 4) is 11.1 Å². The molecule has 0 amide bonds. The lowest BCUT2D eigenvalue weighted by Crippen LogP contribution is -1.82. The minimum Gasteiger partial charge on any atom is -0.499 e. The van der Waals surface area contributed by atoms with E-state index in [1.807, 2.05) is 6.07 Å². The molecule has 1 heterocycles. The maximum atomic E-state index is 9.33. The second-order valence-electron chi connectivity index (χ2n) is 2.86. The van der Waals surface area contributed by atoms with E-state index in [0.29, 0.717) is 5.02 Å². The Kier molecular flexibility index (Phi) is 2.32. The Bertz CT molecular complexity index is 527. The van der Waals surface area contributed by atoms with Crippen LogP contribution in [0.15, 0.2) is 18.2 Å². The van der Waals surface area contributed by atoms with Gasteiger partial charge in [0.2, 0.25) is 0 Å². The van der Waals surface area contributed by atoms with E-state index >= 15 is 0 Å². The summed E-state index contributed by atoms with van der Waals surface area (Å²) in [5.41, 5.74) is 0.803. The summed E-state index contributed by atoms with van der Waals surface area (Å²) in [6, 6.07) is 7.34. The number of benzene rings is 1. The van der Waals surface area contributed by atoms with E-state index in [1.165, 1.54) is 11.3 Å². The number of aromatic hydroxyl groups is 1. The van der Waals surface area contributed by atoms with Gasteiger partial charge in [-0.05, 0) is 17.5 Å². The Labute approximate surface area is 90.0 Å². The van der Waals surface area contributed by atoms with Crippen LogP contribution in [0.3, 0.4) is 0 Å². The second kappa shape index (κ2) is 3.49. The molecule has 0 aliphatic carbocycles. The molecule has 2 nitrogen and oxygen atoms in total. The van der Waals surface area contributed by atoms with Gasteiger partial charge < -0.3 is 5.11 Å². The van der Waals surface area contributed by atoms with Crippen molar-refractivity contribution in [1.82, 2.24) is 0 Å². The van der Waals surface area contributed by atoms with Gasteiger partial charge >= 0.3 is 0 Å². The molecule has 0 aliphatic heterocycles. The molecule has 0 radical (unpaired) electrons. The smallest absolute Gasteiger partial charge is 0.172 e. The highest BCUT2D eigenvalue weighted by molar-refractivity contribution is 7.20. The maximum absolute atomic E-state index is 9.33. The van der Waals surface area contributed by atoms with Crippen molar-refractivity contribution in [3.05, 3.63) is 28.8 Å². The Morgan fingerprint density at radius 2 is 2.29 bits per heavy atom. The van der Waals surface area contributed by atoms with Gasteiger partial charge in [-0.1, -0.05) is 29.0 Å². The van der Waals surface area contributed by atoms with Crippen molar-refractivity contribution >= 4 is 33.0 Å². The SMILES string of the molecule is N#CCc1c(Cl)ccc2cc(O)sc12. The molecule has 0 saturated heterocycles. The van der Waals surface area contributed by atoms with Crippen molar-refractivity contribution in [2.75, 3.05) is 0 Å². The molecule has 4 heteroatoms. The predicted molar refractivity (Wildman–Crippen MR) is 57.8 cm³/mol. The van der Waals surface area contributed by atoms with Crippen LogP contribution in [-0.2, 0) is 6.42 Å².